The summed E-state index contributed by atoms with van der Waals surface area (Å²) in [6, 6.07) is 4.16. The molecule has 0 aliphatic rings. The summed E-state index contributed by atoms with van der Waals surface area (Å²) in [5, 5.41) is 16.6. The lowest BCUT2D eigenvalue weighted by Gasteiger charge is -2.12. The molecule has 8 heteroatoms. The molecule has 2 N–H and O–H groups in total. The Bertz CT molecular complexity index is 537. The lowest BCUT2D eigenvalue weighted by Crippen LogP contribution is -2.38. The standard InChI is InChI=1S/C13H20N6S.HI/c1-3-12-18-17-10-19(12)7-6-15-13(14-2)16-9-11-5-4-8-20-11;/h4-5,8,10H,3,6-7,9H2,1-2H3,(H2,14,15,16);1H. The van der Waals surface area contributed by atoms with Gasteiger partial charge in [-0.25, -0.2) is 0 Å². The molecule has 0 spiro atoms. The molecule has 0 aromatic carbocycles. The lowest BCUT2D eigenvalue weighted by atomic mass is 10.4. The highest BCUT2D eigenvalue weighted by molar-refractivity contribution is 14.0. The molecule has 116 valence electrons. The van der Waals surface area contributed by atoms with E-state index in [0.29, 0.717) is 0 Å². The Kier molecular flexibility index (Phi) is 8.28. The molecular weight excluding hydrogens is 399 g/mol. The summed E-state index contributed by atoms with van der Waals surface area (Å²) < 4.78 is 2.06. The quantitative estimate of drug-likeness (QED) is 0.426. The molecule has 0 aliphatic carbocycles. The first-order chi connectivity index (χ1) is 9.83. The third-order valence-electron chi connectivity index (χ3n) is 2.89. The first kappa shape index (κ1) is 17.9. The monoisotopic (exact) mass is 420 g/mol. The van der Waals surface area contributed by atoms with E-state index in [1.165, 1.54) is 4.88 Å². The molecule has 0 unspecified atom stereocenters. The minimum Gasteiger partial charge on any atom is -0.355 e. The zero-order valence-corrected chi connectivity index (χ0v) is 15.4. The SMILES string of the molecule is CCc1nncn1CCNC(=NC)NCc1cccs1.I. The van der Waals surface area contributed by atoms with E-state index in [4.69, 9.17) is 0 Å². The number of nitrogens with zero attached hydrogens (tertiary/aromatic N) is 4. The van der Waals surface area contributed by atoms with Gasteiger partial charge < -0.3 is 15.2 Å². The van der Waals surface area contributed by atoms with Crippen LogP contribution < -0.4 is 10.6 Å². The van der Waals surface area contributed by atoms with Crippen LogP contribution in [0.15, 0.2) is 28.8 Å². The molecule has 0 bridgehead atoms. The van der Waals surface area contributed by atoms with Gasteiger partial charge in [-0.2, -0.15) is 0 Å². The number of aromatic nitrogens is 3. The van der Waals surface area contributed by atoms with Crippen molar-refractivity contribution in [3.05, 3.63) is 34.5 Å². The number of guanidine groups is 1. The van der Waals surface area contributed by atoms with Gasteiger partial charge in [0, 0.05) is 31.4 Å². The van der Waals surface area contributed by atoms with Gasteiger partial charge in [0.2, 0.25) is 0 Å². The predicted molar refractivity (Wildman–Crippen MR) is 97.3 cm³/mol. The fraction of sp³-hybridized carbons (Fsp3) is 0.462. The topological polar surface area (TPSA) is 67.1 Å². The Morgan fingerprint density at radius 3 is 2.95 bits per heavy atom. The fourth-order valence-electron chi connectivity index (χ4n) is 1.84. The van der Waals surface area contributed by atoms with Gasteiger partial charge in [0.1, 0.15) is 12.2 Å². The normalized spacial score (nSPS) is 11.0. The lowest BCUT2D eigenvalue weighted by molar-refractivity contribution is 0.633. The summed E-state index contributed by atoms with van der Waals surface area (Å²) in [7, 11) is 1.78. The molecule has 2 aromatic heterocycles. The summed E-state index contributed by atoms with van der Waals surface area (Å²) in [6.07, 6.45) is 2.66. The van der Waals surface area contributed by atoms with Crippen LogP contribution >= 0.6 is 35.3 Å². The first-order valence-electron chi connectivity index (χ1n) is 6.67. The maximum absolute atomic E-state index is 4.21. The Morgan fingerprint density at radius 2 is 2.29 bits per heavy atom. The summed E-state index contributed by atoms with van der Waals surface area (Å²) in [6.45, 7) is 4.49. The van der Waals surface area contributed by atoms with Gasteiger partial charge in [-0.05, 0) is 11.4 Å². The van der Waals surface area contributed by atoms with Gasteiger partial charge in [-0.3, -0.25) is 4.99 Å². The highest BCUT2D eigenvalue weighted by Gasteiger charge is 2.02. The number of aryl methyl sites for hydroxylation is 1. The Balaban J connectivity index is 0.00000220. The molecule has 21 heavy (non-hydrogen) atoms. The second kappa shape index (κ2) is 9.72. The van der Waals surface area contributed by atoms with E-state index in [9.17, 15) is 0 Å². The molecule has 2 heterocycles. The van der Waals surface area contributed by atoms with Crippen LogP contribution in [0.25, 0.3) is 0 Å². The number of hydrogen-bond donors (Lipinski definition) is 2. The molecule has 0 fully saturated rings. The molecule has 0 radical (unpaired) electrons. The van der Waals surface area contributed by atoms with Gasteiger partial charge >= 0.3 is 0 Å². The molecule has 0 atom stereocenters. The van der Waals surface area contributed by atoms with Gasteiger partial charge in [-0.15, -0.1) is 45.5 Å². The zero-order valence-electron chi connectivity index (χ0n) is 12.2. The highest BCUT2D eigenvalue weighted by atomic mass is 127. The van der Waals surface area contributed by atoms with Crippen molar-refractivity contribution in [2.75, 3.05) is 13.6 Å². The summed E-state index contributed by atoms with van der Waals surface area (Å²) >= 11 is 1.74. The third-order valence-corrected chi connectivity index (χ3v) is 3.77. The number of halogens is 1. The second-order valence-corrected chi connectivity index (χ2v) is 5.26. The average molecular weight is 420 g/mol. The number of thiophene rings is 1. The van der Waals surface area contributed by atoms with Crippen LogP contribution in [0.2, 0.25) is 0 Å². The van der Waals surface area contributed by atoms with E-state index < -0.39 is 0 Å². The van der Waals surface area contributed by atoms with Gasteiger partial charge in [-0.1, -0.05) is 13.0 Å². The minimum atomic E-state index is 0. The summed E-state index contributed by atoms with van der Waals surface area (Å²) in [5.41, 5.74) is 0. The van der Waals surface area contributed by atoms with Crippen LogP contribution in [0.3, 0.4) is 0 Å². The molecule has 0 saturated carbocycles. The highest BCUT2D eigenvalue weighted by Crippen LogP contribution is 2.07. The van der Waals surface area contributed by atoms with Crippen LogP contribution in [0.4, 0.5) is 0 Å². The first-order valence-corrected chi connectivity index (χ1v) is 7.55. The maximum atomic E-state index is 4.21. The Labute approximate surface area is 146 Å². The Hall–Kier alpha value is -1.16. The van der Waals surface area contributed by atoms with Gasteiger partial charge in [0.15, 0.2) is 5.96 Å². The third kappa shape index (κ3) is 5.62. The number of hydrogen-bond acceptors (Lipinski definition) is 4. The van der Waals surface area contributed by atoms with E-state index in [1.807, 2.05) is 0 Å². The predicted octanol–water partition coefficient (Wildman–Crippen LogP) is 1.89. The van der Waals surface area contributed by atoms with E-state index >= 15 is 0 Å². The van der Waals surface area contributed by atoms with Crippen molar-refractivity contribution in [3.63, 3.8) is 0 Å². The molecule has 2 rings (SSSR count). The van der Waals surface area contributed by atoms with Crippen molar-refractivity contribution >= 4 is 41.3 Å². The zero-order chi connectivity index (χ0) is 14.2. The maximum Gasteiger partial charge on any atom is 0.191 e. The largest absolute Gasteiger partial charge is 0.355 e. The van der Waals surface area contributed by atoms with E-state index in [0.717, 1.165) is 37.8 Å². The number of nitrogens with one attached hydrogen (secondary N) is 2. The molecular formula is C13H21IN6S. The molecule has 2 aromatic rings. The Morgan fingerprint density at radius 1 is 1.43 bits per heavy atom. The van der Waals surface area contributed by atoms with Crippen molar-refractivity contribution in [3.8, 4) is 0 Å². The van der Waals surface area contributed by atoms with Crippen molar-refractivity contribution in [1.29, 1.82) is 0 Å². The molecule has 6 nitrogen and oxygen atoms in total. The smallest absolute Gasteiger partial charge is 0.191 e. The van der Waals surface area contributed by atoms with Crippen molar-refractivity contribution < 1.29 is 0 Å². The van der Waals surface area contributed by atoms with Crippen molar-refractivity contribution in [2.24, 2.45) is 4.99 Å². The molecule has 0 aliphatic heterocycles. The van der Waals surface area contributed by atoms with Crippen LogP contribution in [0.5, 0.6) is 0 Å². The van der Waals surface area contributed by atoms with Crippen LogP contribution in [-0.2, 0) is 19.5 Å². The van der Waals surface area contributed by atoms with Gasteiger partial charge in [0.25, 0.3) is 0 Å². The van der Waals surface area contributed by atoms with Crippen molar-refractivity contribution in [1.82, 2.24) is 25.4 Å². The summed E-state index contributed by atoms with van der Waals surface area (Å²) in [4.78, 5) is 5.50. The summed E-state index contributed by atoms with van der Waals surface area (Å²) in [5.74, 6) is 1.82. The molecule has 0 saturated heterocycles. The van der Waals surface area contributed by atoms with Crippen LogP contribution in [-0.4, -0.2) is 34.3 Å². The number of aliphatic imine (C=N–C) groups is 1. The second-order valence-electron chi connectivity index (χ2n) is 4.23. The van der Waals surface area contributed by atoms with E-state index in [-0.39, 0.29) is 24.0 Å². The van der Waals surface area contributed by atoms with Crippen LogP contribution in [0, 0.1) is 0 Å². The number of rotatable bonds is 6. The molecule has 0 amide bonds. The van der Waals surface area contributed by atoms with Crippen molar-refractivity contribution in [2.45, 2.75) is 26.4 Å². The van der Waals surface area contributed by atoms with E-state index in [1.54, 1.807) is 24.7 Å². The van der Waals surface area contributed by atoms with Gasteiger partial charge in [0.05, 0.1) is 6.54 Å². The fourth-order valence-corrected chi connectivity index (χ4v) is 2.48. The average Bonchev–Trinajstić information content (AvgIpc) is 3.13. The minimum absolute atomic E-state index is 0. The van der Waals surface area contributed by atoms with E-state index in [2.05, 4.69) is 54.8 Å². The van der Waals surface area contributed by atoms with Crippen LogP contribution in [0.1, 0.15) is 17.6 Å².